The molecule has 0 saturated carbocycles. The van der Waals surface area contributed by atoms with Gasteiger partial charge in [0.25, 0.3) is 5.91 Å². The number of rotatable bonds is 6. The van der Waals surface area contributed by atoms with E-state index < -0.39 is 0 Å². The van der Waals surface area contributed by atoms with Gasteiger partial charge in [-0.15, -0.1) is 0 Å². The molecule has 1 saturated heterocycles. The quantitative estimate of drug-likeness (QED) is 0.779. The molecular weight excluding hydrogens is 383 g/mol. The van der Waals surface area contributed by atoms with Crippen LogP contribution in [0.3, 0.4) is 0 Å². The molecule has 7 heteroatoms. The second-order valence-corrected chi connectivity index (χ2v) is 8.23. The van der Waals surface area contributed by atoms with E-state index in [-0.39, 0.29) is 23.7 Å². The van der Waals surface area contributed by atoms with Crippen molar-refractivity contribution >= 4 is 11.8 Å². The maximum atomic E-state index is 13.0. The number of carbonyl (C=O) groups is 2. The van der Waals surface area contributed by atoms with Gasteiger partial charge in [-0.2, -0.15) is 0 Å². The van der Waals surface area contributed by atoms with Crippen molar-refractivity contribution in [3.8, 4) is 0 Å². The van der Waals surface area contributed by atoms with Gasteiger partial charge in [0.2, 0.25) is 5.91 Å². The maximum Gasteiger partial charge on any atom is 0.254 e. The van der Waals surface area contributed by atoms with E-state index in [1.54, 1.807) is 19.1 Å². The molecule has 160 valence electrons. The number of aryl methyl sites for hydroxylation is 1. The maximum absolute atomic E-state index is 13.0. The fourth-order valence-corrected chi connectivity index (χ4v) is 3.71. The zero-order valence-corrected chi connectivity index (χ0v) is 17.8. The highest BCUT2D eigenvalue weighted by Crippen LogP contribution is 2.30. The Morgan fingerprint density at radius 2 is 1.97 bits per heavy atom. The Hall–Kier alpha value is -2.83. The molecule has 1 aliphatic heterocycles. The van der Waals surface area contributed by atoms with Gasteiger partial charge >= 0.3 is 0 Å². The lowest BCUT2D eigenvalue weighted by Gasteiger charge is -2.35. The smallest absolute Gasteiger partial charge is 0.254 e. The number of likely N-dealkylation sites (tertiary alicyclic amines) is 1. The van der Waals surface area contributed by atoms with Gasteiger partial charge in [0, 0.05) is 25.7 Å². The summed E-state index contributed by atoms with van der Waals surface area (Å²) in [7, 11) is 0. The van der Waals surface area contributed by atoms with E-state index >= 15 is 0 Å². The van der Waals surface area contributed by atoms with Crippen molar-refractivity contribution in [1.29, 1.82) is 0 Å². The zero-order valence-electron chi connectivity index (χ0n) is 17.8. The van der Waals surface area contributed by atoms with E-state index in [0.29, 0.717) is 36.0 Å². The molecule has 3 rings (SSSR count). The summed E-state index contributed by atoms with van der Waals surface area (Å²) in [5, 5.41) is 2.82. The van der Waals surface area contributed by atoms with Crippen molar-refractivity contribution in [3.63, 3.8) is 0 Å². The fraction of sp³-hybridized carbons (Fsp3) is 0.478. The average molecular weight is 413 g/mol. The van der Waals surface area contributed by atoms with Gasteiger partial charge in [-0.3, -0.25) is 9.59 Å². The van der Waals surface area contributed by atoms with Gasteiger partial charge in [-0.1, -0.05) is 26.0 Å². The van der Waals surface area contributed by atoms with Gasteiger partial charge in [-0.25, -0.2) is 14.4 Å². The number of amides is 2. The highest BCUT2D eigenvalue weighted by Gasteiger charge is 2.30. The highest BCUT2D eigenvalue weighted by atomic mass is 19.1. The molecular formula is C23H29FN4O2. The average Bonchev–Trinajstić information content (AvgIpc) is 2.72. The minimum Gasteiger partial charge on any atom is -0.348 e. The molecule has 2 aromatic rings. The number of piperidine rings is 1. The second kappa shape index (κ2) is 9.78. The minimum absolute atomic E-state index is 0.136. The van der Waals surface area contributed by atoms with E-state index in [9.17, 15) is 14.0 Å². The third-order valence-corrected chi connectivity index (χ3v) is 5.31. The van der Waals surface area contributed by atoms with Crippen molar-refractivity contribution in [1.82, 2.24) is 20.2 Å². The number of hydrogen-bond acceptors (Lipinski definition) is 4. The Balaban J connectivity index is 1.70. The molecule has 6 nitrogen and oxygen atoms in total. The fourth-order valence-electron chi connectivity index (χ4n) is 3.71. The number of hydrogen-bond donors (Lipinski definition) is 1. The third kappa shape index (κ3) is 5.40. The van der Waals surface area contributed by atoms with Crippen LogP contribution < -0.4 is 5.32 Å². The van der Waals surface area contributed by atoms with Crippen LogP contribution >= 0.6 is 0 Å². The number of carbonyl (C=O) groups excluding carboxylic acids is 2. The predicted molar refractivity (Wildman–Crippen MR) is 112 cm³/mol. The Bertz CT molecular complexity index is 899. The summed E-state index contributed by atoms with van der Waals surface area (Å²) in [6.07, 6.45) is 4.90. The van der Waals surface area contributed by atoms with E-state index in [1.165, 1.54) is 18.3 Å². The van der Waals surface area contributed by atoms with Gasteiger partial charge in [0.05, 0.1) is 17.3 Å². The van der Waals surface area contributed by atoms with Gasteiger partial charge < -0.3 is 10.2 Å². The molecule has 2 heterocycles. The molecule has 0 radical (unpaired) electrons. The van der Waals surface area contributed by atoms with Crippen LogP contribution in [0.1, 0.15) is 73.0 Å². The van der Waals surface area contributed by atoms with Crippen molar-refractivity contribution in [2.45, 2.75) is 59.0 Å². The minimum atomic E-state index is -0.312. The lowest BCUT2D eigenvalue weighted by Crippen LogP contribution is -2.40. The SMILES string of the molecule is Cc1nc([C@@H]2CCCCN2C(=O)CC(C)C)ncc1C(=O)NCc1ccc(F)cc1. The Morgan fingerprint density at radius 1 is 1.23 bits per heavy atom. The normalized spacial score (nSPS) is 16.6. The molecule has 0 spiro atoms. The first-order valence-corrected chi connectivity index (χ1v) is 10.5. The van der Waals surface area contributed by atoms with Crippen molar-refractivity contribution in [3.05, 3.63) is 58.9 Å². The standard InChI is InChI=1S/C23H29FN4O2/c1-15(2)12-21(29)28-11-5-4-6-20(28)22-25-14-19(16(3)27-22)23(30)26-13-17-7-9-18(24)10-8-17/h7-10,14-15,20H,4-6,11-13H2,1-3H3,(H,26,30)/t20-/m0/s1. The van der Waals surface area contributed by atoms with Crippen LogP contribution in [0, 0.1) is 18.7 Å². The molecule has 1 aromatic heterocycles. The molecule has 1 fully saturated rings. The van der Waals surface area contributed by atoms with Gasteiger partial charge in [-0.05, 0) is 49.8 Å². The number of benzene rings is 1. The number of nitrogens with one attached hydrogen (secondary N) is 1. The molecule has 0 aliphatic carbocycles. The molecule has 1 atom stereocenters. The van der Waals surface area contributed by atoms with Crippen LogP contribution in [0.4, 0.5) is 4.39 Å². The van der Waals surface area contributed by atoms with Crippen molar-refractivity contribution < 1.29 is 14.0 Å². The molecule has 1 aromatic carbocycles. The van der Waals surface area contributed by atoms with E-state index in [4.69, 9.17) is 0 Å². The molecule has 0 unspecified atom stereocenters. The zero-order chi connectivity index (χ0) is 21.7. The molecule has 30 heavy (non-hydrogen) atoms. The lowest BCUT2D eigenvalue weighted by atomic mass is 9.99. The summed E-state index contributed by atoms with van der Waals surface area (Å²) in [6.45, 7) is 6.87. The molecule has 1 aliphatic rings. The summed E-state index contributed by atoms with van der Waals surface area (Å²) in [6, 6.07) is 5.85. The first kappa shape index (κ1) is 21.9. The number of halogens is 1. The van der Waals surface area contributed by atoms with Crippen LogP contribution in [-0.2, 0) is 11.3 Å². The predicted octanol–water partition coefficient (Wildman–Crippen LogP) is 3.95. The van der Waals surface area contributed by atoms with E-state index in [2.05, 4.69) is 15.3 Å². The summed E-state index contributed by atoms with van der Waals surface area (Å²) >= 11 is 0. The van der Waals surface area contributed by atoms with Crippen LogP contribution in [-0.4, -0.2) is 33.2 Å². The molecule has 2 amide bonds. The van der Waals surface area contributed by atoms with Crippen LogP contribution in [0.15, 0.2) is 30.5 Å². The Labute approximate surface area is 176 Å². The first-order valence-electron chi connectivity index (χ1n) is 10.5. The van der Waals surface area contributed by atoms with Crippen molar-refractivity contribution in [2.24, 2.45) is 5.92 Å². The summed E-state index contributed by atoms with van der Waals surface area (Å²) in [4.78, 5) is 36.2. The highest BCUT2D eigenvalue weighted by molar-refractivity contribution is 5.94. The van der Waals surface area contributed by atoms with Gasteiger partial charge in [0.1, 0.15) is 5.82 Å². The largest absolute Gasteiger partial charge is 0.348 e. The Kier molecular flexibility index (Phi) is 7.13. The topological polar surface area (TPSA) is 75.2 Å². The van der Waals surface area contributed by atoms with E-state index in [1.807, 2.05) is 18.7 Å². The molecule has 0 bridgehead atoms. The number of nitrogens with zero attached hydrogens (tertiary/aromatic N) is 3. The first-order chi connectivity index (χ1) is 14.3. The third-order valence-electron chi connectivity index (χ3n) is 5.31. The second-order valence-electron chi connectivity index (χ2n) is 8.23. The Morgan fingerprint density at radius 3 is 2.63 bits per heavy atom. The van der Waals surface area contributed by atoms with Crippen LogP contribution in [0.2, 0.25) is 0 Å². The number of aromatic nitrogens is 2. The molecule has 1 N–H and O–H groups in total. The lowest BCUT2D eigenvalue weighted by molar-refractivity contribution is -0.136. The van der Waals surface area contributed by atoms with E-state index in [0.717, 1.165) is 31.4 Å². The summed E-state index contributed by atoms with van der Waals surface area (Å²) < 4.78 is 13.0. The van der Waals surface area contributed by atoms with Gasteiger partial charge in [0.15, 0.2) is 5.82 Å². The van der Waals surface area contributed by atoms with Crippen molar-refractivity contribution in [2.75, 3.05) is 6.54 Å². The summed E-state index contributed by atoms with van der Waals surface area (Å²) in [5.41, 5.74) is 1.79. The summed E-state index contributed by atoms with van der Waals surface area (Å²) in [5.74, 6) is 0.444. The van der Waals surface area contributed by atoms with Crippen LogP contribution in [0.25, 0.3) is 0 Å². The monoisotopic (exact) mass is 412 g/mol. The van der Waals surface area contributed by atoms with Crippen LogP contribution in [0.5, 0.6) is 0 Å².